The first-order chi connectivity index (χ1) is 22.2. The zero-order valence-electron chi connectivity index (χ0n) is 25.4. The van der Waals surface area contributed by atoms with Gasteiger partial charge >= 0.3 is 11.9 Å². The fourth-order valence-corrected chi connectivity index (χ4v) is 7.44. The van der Waals surface area contributed by atoms with Gasteiger partial charge in [0, 0.05) is 6.42 Å². The van der Waals surface area contributed by atoms with Crippen LogP contribution < -0.4 is 0 Å². The first kappa shape index (κ1) is 32.3. The fraction of sp³-hybridized carbons (Fsp3) is 0.222. The Hall–Kier alpha value is -5.09. The van der Waals surface area contributed by atoms with Crippen molar-refractivity contribution in [1.82, 2.24) is 14.8 Å². The van der Waals surface area contributed by atoms with Crippen LogP contribution in [0.3, 0.4) is 0 Å². The summed E-state index contributed by atoms with van der Waals surface area (Å²) in [6.07, 6.45) is 4.02. The number of nitrogens with zero attached hydrogens (tertiary/aromatic N) is 3. The van der Waals surface area contributed by atoms with E-state index in [0.29, 0.717) is 28.9 Å². The van der Waals surface area contributed by atoms with Gasteiger partial charge in [0.1, 0.15) is 17.1 Å². The second-order valence-corrected chi connectivity index (χ2v) is 12.9. The number of benzene rings is 4. The van der Waals surface area contributed by atoms with Crippen molar-refractivity contribution >= 4 is 21.8 Å². The van der Waals surface area contributed by atoms with Gasteiger partial charge in [-0.15, -0.1) is 5.10 Å². The summed E-state index contributed by atoms with van der Waals surface area (Å²) in [5.74, 6) is -1.98. The number of carbonyl (C=O) groups is 2. The van der Waals surface area contributed by atoms with Gasteiger partial charge in [0.25, 0.3) is 5.16 Å². The van der Waals surface area contributed by atoms with E-state index in [1.165, 1.54) is 22.9 Å². The van der Waals surface area contributed by atoms with Crippen LogP contribution in [0.2, 0.25) is 0 Å². The van der Waals surface area contributed by atoms with Gasteiger partial charge in [-0.2, -0.15) is 0 Å². The van der Waals surface area contributed by atoms with E-state index < -0.39 is 38.2 Å². The molecular weight excluding hydrogens is 602 g/mol. The molecule has 2 unspecified atom stereocenters. The van der Waals surface area contributed by atoms with Crippen LogP contribution in [0.15, 0.2) is 114 Å². The first-order valence-electron chi connectivity index (χ1n) is 15.2. The third-order valence-corrected chi connectivity index (χ3v) is 9.75. The molecule has 1 heterocycles. The van der Waals surface area contributed by atoms with E-state index in [-0.39, 0.29) is 16.7 Å². The fourth-order valence-electron chi connectivity index (χ4n) is 5.74. The maximum absolute atomic E-state index is 14.7. The SMILES string of the molecule is CCCCCCc1nc(S(=O)(=O)C(c2ccccc2)c2ccccc2C(=O)O)nn1C(c1ccccc1)c1ccccc1C(=O)O. The number of aryl methyl sites for hydroxylation is 1. The average Bonchev–Trinajstić information content (AvgIpc) is 3.49. The van der Waals surface area contributed by atoms with E-state index >= 15 is 0 Å². The molecule has 0 fully saturated rings. The van der Waals surface area contributed by atoms with E-state index in [4.69, 9.17) is 0 Å². The summed E-state index contributed by atoms with van der Waals surface area (Å²) in [6.45, 7) is 2.10. The quantitative estimate of drug-likeness (QED) is 0.124. The lowest BCUT2D eigenvalue weighted by Gasteiger charge is -2.22. The molecule has 9 nitrogen and oxygen atoms in total. The molecule has 0 saturated carbocycles. The first-order valence-corrected chi connectivity index (χ1v) is 16.7. The standard InChI is InChI=1S/C36H35N3O6S/c1-2-3-4-11-24-31-37-36(38-39(31)32(25-16-7-5-8-17-25)27-20-12-14-22-29(27)34(40)41)46(44,45)33(26-18-9-6-10-19-26)28-21-13-15-23-30(28)35(42)43/h5-10,12-23,32-33H,2-4,11,24H2,1H3,(H,40,41)(H,42,43). The molecule has 2 N–H and O–H groups in total. The van der Waals surface area contributed by atoms with Gasteiger partial charge in [-0.1, -0.05) is 123 Å². The molecule has 0 aliphatic heterocycles. The minimum absolute atomic E-state index is 0.0609. The Balaban J connectivity index is 1.75. The summed E-state index contributed by atoms with van der Waals surface area (Å²) >= 11 is 0. The zero-order chi connectivity index (χ0) is 32.7. The highest BCUT2D eigenvalue weighted by atomic mass is 32.2. The summed E-state index contributed by atoms with van der Waals surface area (Å²) in [5, 5.41) is 22.9. The summed E-state index contributed by atoms with van der Waals surface area (Å²) in [6, 6.07) is 29.4. The minimum Gasteiger partial charge on any atom is -0.478 e. The number of aromatic nitrogens is 3. The second-order valence-electron chi connectivity index (χ2n) is 11.0. The predicted molar refractivity (Wildman–Crippen MR) is 174 cm³/mol. The molecule has 0 aliphatic rings. The third kappa shape index (κ3) is 6.77. The Morgan fingerprint density at radius 2 is 1.22 bits per heavy atom. The van der Waals surface area contributed by atoms with Crippen molar-refractivity contribution in [3.8, 4) is 0 Å². The largest absolute Gasteiger partial charge is 0.478 e. The van der Waals surface area contributed by atoms with Crippen molar-refractivity contribution in [2.75, 3.05) is 0 Å². The van der Waals surface area contributed by atoms with Gasteiger partial charge in [-0.05, 0) is 40.8 Å². The maximum atomic E-state index is 14.7. The van der Waals surface area contributed by atoms with Crippen molar-refractivity contribution in [2.45, 2.75) is 55.5 Å². The van der Waals surface area contributed by atoms with Crippen LogP contribution in [-0.2, 0) is 16.3 Å². The molecule has 0 radical (unpaired) electrons. The summed E-state index contributed by atoms with van der Waals surface area (Å²) in [7, 11) is -4.45. The minimum atomic E-state index is -4.45. The van der Waals surface area contributed by atoms with Gasteiger partial charge in [0.15, 0.2) is 0 Å². The van der Waals surface area contributed by atoms with Crippen LogP contribution in [0.1, 0.15) is 92.7 Å². The van der Waals surface area contributed by atoms with E-state index in [1.807, 2.05) is 30.3 Å². The smallest absolute Gasteiger partial charge is 0.336 e. The van der Waals surface area contributed by atoms with E-state index in [9.17, 15) is 28.2 Å². The molecule has 10 heteroatoms. The van der Waals surface area contributed by atoms with Crippen LogP contribution in [0.25, 0.3) is 0 Å². The highest BCUT2D eigenvalue weighted by Gasteiger charge is 2.38. The van der Waals surface area contributed by atoms with Crippen LogP contribution in [-0.4, -0.2) is 45.3 Å². The monoisotopic (exact) mass is 637 g/mol. The second kappa shape index (κ2) is 14.3. The van der Waals surface area contributed by atoms with Gasteiger partial charge in [0.05, 0.1) is 11.1 Å². The van der Waals surface area contributed by atoms with Crippen LogP contribution in [0.4, 0.5) is 0 Å². The highest BCUT2D eigenvalue weighted by molar-refractivity contribution is 7.91. The molecule has 0 amide bonds. The molecule has 0 spiro atoms. The number of hydrogen-bond donors (Lipinski definition) is 2. The molecule has 236 valence electrons. The average molecular weight is 638 g/mol. The Bertz CT molecular complexity index is 1920. The van der Waals surface area contributed by atoms with Crippen molar-refractivity contribution in [2.24, 2.45) is 0 Å². The van der Waals surface area contributed by atoms with Gasteiger partial charge in [-0.3, -0.25) is 0 Å². The van der Waals surface area contributed by atoms with Crippen molar-refractivity contribution in [3.63, 3.8) is 0 Å². The Morgan fingerprint density at radius 3 is 1.80 bits per heavy atom. The predicted octanol–water partition coefficient (Wildman–Crippen LogP) is 7.00. The lowest BCUT2D eigenvalue weighted by atomic mass is 9.94. The van der Waals surface area contributed by atoms with E-state index in [2.05, 4.69) is 17.0 Å². The molecule has 0 bridgehead atoms. The lowest BCUT2D eigenvalue weighted by Crippen LogP contribution is -2.21. The molecule has 0 aliphatic carbocycles. The zero-order valence-corrected chi connectivity index (χ0v) is 26.2. The third-order valence-electron chi connectivity index (χ3n) is 7.92. The van der Waals surface area contributed by atoms with Gasteiger partial charge < -0.3 is 10.2 Å². The Morgan fingerprint density at radius 1 is 0.696 bits per heavy atom. The van der Waals surface area contributed by atoms with Crippen molar-refractivity contribution < 1.29 is 28.2 Å². The number of sulfone groups is 1. The number of unbranched alkanes of at least 4 members (excludes halogenated alkanes) is 3. The number of carboxylic acids is 2. The van der Waals surface area contributed by atoms with Gasteiger partial charge in [0.2, 0.25) is 9.84 Å². The Kier molecular flexibility index (Phi) is 10.1. The topological polar surface area (TPSA) is 139 Å². The molecule has 4 aromatic carbocycles. The molecule has 5 rings (SSSR count). The van der Waals surface area contributed by atoms with Gasteiger partial charge in [-0.25, -0.2) is 27.7 Å². The summed E-state index contributed by atoms with van der Waals surface area (Å²) < 4.78 is 30.9. The molecule has 1 aromatic heterocycles. The highest BCUT2D eigenvalue weighted by Crippen LogP contribution is 2.37. The molecule has 0 saturated heterocycles. The molecule has 5 aromatic rings. The van der Waals surface area contributed by atoms with Crippen LogP contribution in [0, 0.1) is 0 Å². The number of rotatable bonds is 14. The van der Waals surface area contributed by atoms with Crippen molar-refractivity contribution in [1.29, 1.82) is 0 Å². The van der Waals surface area contributed by atoms with Crippen molar-refractivity contribution in [3.05, 3.63) is 148 Å². The normalized spacial score (nSPS) is 12.8. The van der Waals surface area contributed by atoms with Crippen LogP contribution >= 0.6 is 0 Å². The molecular formula is C36H35N3O6S. The molecule has 46 heavy (non-hydrogen) atoms. The van der Waals surface area contributed by atoms with E-state index in [0.717, 1.165) is 25.7 Å². The number of hydrogen-bond acceptors (Lipinski definition) is 6. The summed E-state index contributed by atoms with van der Waals surface area (Å²) in [4.78, 5) is 29.3. The number of aromatic carboxylic acids is 2. The maximum Gasteiger partial charge on any atom is 0.336 e. The lowest BCUT2D eigenvalue weighted by molar-refractivity contribution is 0.0684. The number of carboxylic acid groups (broad SMARTS) is 2. The molecule has 2 atom stereocenters. The van der Waals surface area contributed by atoms with Crippen LogP contribution in [0.5, 0.6) is 0 Å². The Labute approximate surface area is 268 Å². The summed E-state index contributed by atoms with van der Waals surface area (Å²) in [5.41, 5.74) is 1.52. The van der Waals surface area contributed by atoms with E-state index in [1.54, 1.807) is 60.7 Å².